The van der Waals surface area contributed by atoms with Crippen LogP contribution in [0.4, 0.5) is 26.7 Å². The molecule has 1 aliphatic heterocycles. The molecule has 0 bridgehead atoms. The summed E-state index contributed by atoms with van der Waals surface area (Å²) in [5.74, 6) is -0.176. The Labute approximate surface area is 239 Å². The fraction of sp³-hybridized carbons (Fsp3) is 0.379. The van der Waals surface area contributed by atoms with E-state index in [1.807, 2.05) is 45.6 Å². The third-order valence-corrected chi connectivity index (χ3v) is 6.70. The molecule has 4 amide bonds. The Hall–Kier alpha value is -3.89. The number of urea groups is 1. The number of benzene rings is 2. The van der Waals surface area contributed by atoms with Gasteiger partial charge in [-0.25, -0.2) is 9.59 Å². The Kier molecular flexibility index (Phi) is 8.80. The number of carbonyl (C=O) groups excluding carboxylic acids is 3. The van der Waals surface area contributed by atoms with Gasteiger partial charge in [-0.05, 0) is 76.6 Å². The molecule has 1 aliphatic rings. The summed E-state index contributed by atoms with van der Waals surface area (Å²) < 4.78 is 5.44. The Balaban J connectivity index is 1.39. The van der Waals surface area contributed by atoms with Gasteiger partial charge < -0.3 is 25.6 Å². The van der Waals surface area contributed by atoms with Crippen LogP contribution in [-0.4, -0.2) is 71.1 Å². The summed E-state index contributed by atoms with van der Waals surface area (Å²) in [6.45, 7) is 11.6. The predicted molar refractivity (Wildman–Crippen MR) is 158 cm³/mol. The number of rotatable bonds is 5. The average molecular weight is 567 g/mol. The maximum absolute atomic E-state index is 13.0. The molecule has 10 nitrogen and oxygen atoms in total. The van der Waals surface area contributed by atoms with Gasteiger partial charge in [0.1, 0.15) is 5.60 Å². The number of fused-ring (bicyclic) bond motifs is 1. The molecule has 1 saturated heterocycles. The van der Waals surface area contributed by atoms with Gasteiger partial charge in [0.25, 0.3) is 0 Å². The number of hydrogen-bond donors (Lipinski definition) is 3. The molecular weight excluding hydrogens is 532 g/mol. The van der Waals surface area contributed by atoms with E-state index in [0.717, 1.165) is 11.3 Å². The number of aromatic nitrogens is 1. The molecule has 3 N–H and O–H groups in total. The number of halogens is 1. The summed E-state index contributed by atoms with van der Waals surface area (Å²) in [6, 6.07) is 12.0. The molecule has 0 unspecified atom stereocenters. The van der Waals surface area contributed by atoms with Crippen molar-refractivity contribution in [3.63, 3.8) is 0 Å². The van der Waals surface area contributed by atoms with E-state index in [2.05, 4.69) is 20.9 Å². The highest BCUT2D eigenvalue weighted by Crippen LogP contribution is 2.27. The van der Waals surface area contributed by atoms with E-state index in [1.54, 1.807) is 41.3 Å². The minimum atomic E-state index is -0.547. The molecule has 11 heteroatoms. The van der Waals surface area contributed by atoms with Crippen molar-refractivity contribution in [2.45, 2.75) is 40.2 Å². The number of pyridine rings is 1. The van der Waals surface area contributed by atoms with Crippen molar-refractivity contribution >= 4 is 57.6 Å². The first kappa shape index (κ1) is 29.1. The van der Waals surface area contributed by atoms with Crippen molar-refractivity contribution in [3.05, 3.63) is 58.7 Å². The number of aryl methyl sites for hydroxylation is 2. The van der Waals surface area contributed by atoms with E-state index in [1.165, 1.54) is 0 Å². The molecule has 212 valence electrons. The highest BCUT2D eigenvalue weighted by molar-refractivity contribution is 6.31. The summed E-state index contributed by atoms with van der Waals surface area (Å²) in [5.41, 5.74) is 3.54. The first-order chi connectivity index (χ1) is 18.9. The van der Waals surface area contributed by atoms with E-state index in [0.29, 0.717) is 59.2 Å². The zero-order valence-corrected chi connectivity index (χ0v) is 24.2. The molecule has 0 radical (unpaired) electrons. The van der Waals surface area contributed by atoms with Gasteiger partial charge in [-0.15, -0.1) is 0 Å². The standard InChI is InChI=1S/C29H35ClN6O4/c1-18-6-7-21(16-23(18)30)33-27(38)32-20-8-9-24-22(15-20)25(14-19(2)31-24)34-26(37)17-35-10-12-36(13-11-35)28(39)40-29(3,4)5/h6-9,14-16H,10-13,17H2,1-5H3,(H,31,34,37)(H2,32,33,38). The van der Waals surface area contributed by atoms with Crippen LogP contribution in [0, 0.1) is 13.8 Å². The van der Waals surface area contributed by atoms with Gasteiger partial charge in [-0.3, -0.25) is 14.7 Å². The summed E-state index contributed by atoms with van der Waals surface area (Å²) in [6.07, 6.45) is -0.337. The summed E-state index contributed by atoms with van der Waals surface area (Å²) in [7, 11) is 0. The molecule has 2 heterocycles. The number of nitrogens with zero attached hydrogens (tertiary/aromatic N) is 3. The zero-order valence-electron chi connectivity index (χ0n) is 23.4. The van der Waals surface area contributed by atoms with Crippen LogP contribution in [0.1, 0.15) is 32.0 Å². The molecule has 0 atom stereocenters. The van der Waals surface area contributed by atoms with Crippen LogP contribution in [0.5, 0.6) is 0 Å². The van der Waals surface area contributed by atoms with Gasteiger partial charge in [0, 0.05) is 53.7 Å². The number of piperazine rings is 1. The minimum absolute atomic E-state index is 0.176. The number of anilines is 3. The molecule has 1 aromatic heterocycles. The lowest BCUT2D eigenvalue weighted by Crippen LogP contribution is -2.51. The van der Waals surface area contributed by atoms with Crippen molar-refractivity contribution < 1.29 is 19.1 Å². The molecule has 3 aromatic rings. The Bertz CT molecular complexity index is 1430. The Morgan fingerprint density at radius 2 is 1.57 bits per heavy atom. The van der Waals surface area contributed by atoms with E-state index in [4.69, 9.17) is 16.3 Å². The third-order valence-electron chi connectivity index (χ3n) is 6.29. The van der Waals surface area contributed by atoms with Crippen LogP contribution < -0.4 is 16.0 Å². The fourth-order valence-electron chi connectivity index (χ4n) is 4.31. The van der Waals surface area contributed by atoms with Crippen molar-refractivity contribution in [3.8, 4) is 0 Å². The van der Waals surface area contributed by atoms with Gasteiger partial charge in [0.05, 0.1) is 17.7 Å². The second kappa shape index (κ2) is 12.1. The third kappa shape index (κ3) is 7.83. The number of amides is 4. The summed E-state index contributed by atoms with van der Waals surface area (Å²) >= 11 is 6.16. The van der Waals surface area contributed by atoms with Crippen LogP contribution in [0.2, 0.25) is 5.02 Å². The minimum Gasteiger partial charge on any atom is -0.444 e. The normalized spacial score (nSPS) is 14.1. The Morgan fingerprint density at radius 3 is 2.23 bits per heavy atom. The molecule has 4 rings (SSSR count). The molecule has 0 spiro atoms. The van der Waals surface area contributed by atoms with E-state index < -0.39 is 11.6 Å². The second-order valence-corrected chi connectivity index (χ2v) is 11.3. The maximum Gasteiger partial charge on any atom is 0.410 e. The molecule has 40 heavy (non-hydrogen) atoms. The first-order valence-corrected chi connectivity index (χ1v) is 13.5. The Morgan fingerprint density at radius 1 is 0.925 bits per heavy atom. The topological polar surface area (TPSA) is 116 Å². The van der Waals surface area contributed by atoms with Gasteiger partial charge in [0.15, 0.2) is 0 Å². The van der Waals surface area contributed by atoms with E-state index in [-0.39, 0.29) is 18.5 Å². The van der Waals surface area contributed by atoms with Crippen LogP contribution >= 0.6 is 11.6 Å². The quantitative estimate of drug-likeness (QED) is 0.368. The van der Waals surface area contributed by atoms with Gasteiger partial charge in [0.2, 0.25) is 5.91 Å². The molecule has 1 fully saturated rings. The monoisotopic (exact) mass is 566 g/mol. The largest absolute Gasteiger partial charge is 0.444 e. The van der Waals surface area contributed by atoms with Crippen molar-refractivity contribution in [2.24, 2.45) is 0 Å². The van der Waals surface area contributed by atoms with Crippen LogP contribution in [0.25, 0.3) is 10.9 Å². The smallest absolute Gasteiger partial charge is 0.410 e. The van der Waals surface area contributed by atoms with Crippen LogP contribution in [0.3, 0.4) is 0 Å². The van der Waals surface area contributed by atoms with Crippen molar-refractivity contribution in [2.75, 3.05) is 48.7 Å². The van der Waals surface area contributed by atoms with Gasteiger partial charge >= 0.3 is 12.1 Å². The number of nitrogens with one attached hydrogen (secondary N) is 3. The number of carbonyl (C=O) groups is 3. The van der Waals surface area contributed by atoms with Gasteiger partial charge in [-0.1, -0.05) is 17.7 Å². The average Bonchev–Trinajstić information content (AvgIpc) is 2.86. The second-order valence-electron chi connectivity index (χ2n) is 10.9. The lowest BCUT2D eigenvalue weighted by Gasteiger charge is -2.35. The predicted octanol–water partition coefficient (Wildman–Crippen LogP) is 5.64. The lowest BCUT2D eigenvalue weighted by atomic mass is 10.1. The highest BCUT2D eigenvalue weighted by Gasteiger charge is 2.26. The van der Waals surface area contributed by atoms with E-state index in [9.17, 15) is 14.4 Å². The summed E-state index contributed by atoms with van der Waals surface area (Å²) in [5, 5.41) is 9.86. The summed E-state index contributed by atoms with van der Waals surface area (Å²) in [4.78, 5) is 46.1. The molecule has 2 aromatic carbocycles. The van der Waals surface area contributed by atoms with Crippen LogP contribution in [-0.2, 0) is 9.53 Å². The fourth-order valence-corrected chi connectivity index (χ4v) is 4.49. The van der Waals surface area contributed by atoms with Crippen molar-refractivity contribution in [1.82, 2.24) is 14.8 Å². The number of hydrogen-bond acceptors (Lipinski definition) is 6. The molecular formula is C29H35ClN6O4. The van der Waals surface area contributed by atoms with Gasteiger partial charge in [-0.2, -0.15) is 0 Å². The molecule has 0 saturated carbocycles. The SMILES string of the molecule is Cc1cc(NC(=O)CN2CCN(C(=O)OC(C)(C)C)CC2)c2cc(NC(=O)Nc3ccc(C)c(Cl)c3)ccc2n1. The maximum atomic E-state index is 13.0. The van der Waals surface area contributed by atoms with E-state index >= 15 is 0 Å². The zero-order chi connectivity index (χ0) is 29.0. The molecule has 0 aliphatic carbocycles. The lowest BCUT2D eigenvalue weighted by molar-refractivity contribution is -0.117. The van der Waals surface area contributed by atoms with Crippen molar-refractivity contribution in [1.29, 1.82) is 0 Å². The highest BCUT2D eigenvalue weighted by atomic mass is 35.5. The first-order valence-electron chi connectivity index (χ1n) is 13.1. The number of ether oxygens (including phenoxy) is 1. The van der Waals surface area contributed by atoms with Crippen LogP contribution in [0.15, 0.2) is 42.5 Å².